The van der Waals surface area contributed by atoms with Gasteiger partial charge in [0.05, 0.1) is 6.54 Å². The van der Waals surface area contributed by atoms with E-state index in [1.165, 1.54) is 43.4 Å². The molecule has 0 spiro atoms. The van der Waals surface area contributed by atoms with Crippen LogP contribution in [0.25, 0.3) is 0 Å². The molecule has 176 valence electrons. The molecule has 1 N–H and O–H groups in total. The summed E-state index contributed by atoms with van der Waals surface area (Å²) >= 11 is 7.07. The summed E-state index contributed by atoms with van der Waals surface area (Å²) in [6.07, 6.45) is 6.25. The van der Waals surface area contributed by atoms with Crippen molar-refractivity contribution >= 4 is 38.9 Å². The molecule has 0 unspecified atom stereocenters. The normalized spacial score (nSPS) is 15.7. The monoisotopic (exact) mass is 497 g/mol. The highest BCUT2D eigenvalue weighted by molar-refractivity contribution is 7.91. The van der Waals surface area contributed by atoms with Gasteiger partial charge in [0.1, 0.15) is 4.21 Å². The molecule has 1 aliphatic heterocycles. The molecule has 0 aliphatic carbocycles. The summed E-state index contributed by atoms with van der Waals surface area (Å²) in [6.45, 7) is 6.16. The lowest BCUT2D eigenvalue weighted by Crippen LogP contribution is -2.48. The van der Waals surface area contributed by atoms with E-state index in [0.717, 1.165) is 24.5 Å². The molecule has 0 saturated carbocycles. The van der Waals surface area contributed by atoms with E-state index < -0.39 is 10.0 Å². The van der Waals surface area contributed by atoms with Gasteiger partial charge in [-0.05, 0) is 49.4 Å². The van der Waals surface area contributed by atoms with Crippen LogP contribution in [0.2, 0.25) is 5.02 Å². The van der Waals surface area contributed by atoms with Gasteiger partial charge in [0.25, 0.3) is 15.9 Å². The quantitative estimate of drug-likeness (QED) is 0.460. The van der Waals surface area contributed by atoms with Gasteiger partial charge in [0.2, 0.25) is 0 Å². The van der Waals surface area contributed by atoms with Gasteiger partial charge < -0.3 is 10.2 Å². The minimum atomic E-state index is -3.49. The highest BCUT2D eigenvalue weighted by Crippen LogP contribution is 2.26. The Kier molecular flexibility index (Phi) is 9.55. The number of halogens is 1. The Morgan fingerprint density at radius 1 is 1.00 bits per heavy atom. The average Bonchev–Trinajstić information content (AvgIpc) is 3.28. The summed E-state index contributed by atoms with van der Waals surface area (Å²) in [6, 6.07) is 10.1. The molecule has 3 rings (SSSR count). The standard InChI is InChI=1S/C23H32ClN3O3S2/c1-2-3-4-5-6-13-26-14-16-27(17-15-26)32(29,30)22-12-11-21(31-22)18-25-23(28)19-7-9-20(24)10-8-19/h7-12H,2-6,13-18H2,1H3,(H,25,28). The Bertz CT molecular complexity index is 969. The fraction of sp³-hybridized carbons (Fsp3) is 0.522. The number of hydrogen-bond donors (Lipinski definition) is 1. The van der Waals surface area contributed by atoms with Crippen molar-refractivity contribution in [1.82, 2.24) is 14.5 Å². The van der Waals surface area contributed by atoms with Crippen LogP contribution >= 0.6 is 22.9 Å². The second-order valence-corrected chi connectivity index (χ2v) is 11.8. The summed E-state index contributed by atoms with van der Waals surface area (Å²) < 4.78 is 28.0. The molecule has 32 heavy (non-hydrogen) atoms. The number of carbonyl (C=O) groups is 1. The first-order valence-corrected chi connectivity index (χ1v) is 13.9. The number of hydrogen-bond acceptors (Lipinski definition) is 5. The predicted octanol–water partition coefficient (Wildman–Crippen LogP) is 4.61. The Labute approximate surface area is 200 Å². The predicted molar refractivity (Wildman–Crippen MR) is 131 cm³/mol. The SMILES string of the molecule is CCCCCCCN1CCN(S(=O)(=O)c2ccc(CNC(=O)c3ccc(Cl)cc3)s2)CC1. The number of sulfonamides is 1. The number of benzene rings is 1. The average molecular weight is 498 g/mol. The number of amides is 1. The van der Waals surface area contributed by atoms with E-state index in [9.17, 15) is 13.2 Å². The second kappa shape index (κ2) is 12.1. The van der Waals surface area contributed by atoms with Crippen molar-refractivity contribution in [3.8, 4) is 0 Å². The molecule has 9 heteroatoms. The zero-order chi connectivity index (χ0) is 23.0. The van der Waals surface area contributed by atoms with E-state index in [2.05, 4.69) is 17.1 Å². The molecule has 1 aromatic carbocycles. The van der Waals surface area contributed by atoms with E-state index >= 15 is 0 Å². The number of nitrogens with zero attached hydrogens (tertiary/aromatic N) is 2. The van der Waals surface area contributed by atoms with Crippen molar-refractivity contribution < 1.29 is 13.2 Å². The topological polar surface area (TPSA) is 69.7 Å². The van der Waals surface area contributed by atoms with Crippen LogP contribution in [0.4, 0.5) is 0 Å². The van der Waals surface area contributed by atoms with Gasteiger partial charge in [0.15, 0.2) is 0 Å². The van der Waals surface area contributed by atoms with Crippen LogP contribution in [-0.2, 0) is 16.6 Å². The number of nitrogens with one attached hydrogen (secondary N) is 1. The molecular weight excluding hydrogens is 466 g/mol. The van der Waals surface area contributed by atoms with E-state index in [4.69, 9.17) is 11.6 Å². The Balaban J connectivity index is 1.47. The lowest BCUT2D eigenvalue weighted by molar-refractivity contribution is 0.0951. The lowest BCUT2D eigenvalue weighted by Gasteiger charge is -2.33. The molecule has 6 nitrogen and oxygen atoms in total. The molecule has 0 radical (unpaired) electrons. The maximum atomic E-state index is 13.0. The Morgan fingerprint density at radius 2 is 1.69 bits per heavy atom. The third kappa shape index (κ3) is 7.02. The zero-order valence-corrected chi connectivity index (χ0v) is 20.9. The maximum absolute atomic E-state index is 13.0. The van der Waals surface area contributed by atoms with Crippen molar-refractivity contribution in [1.29, 1.82) is 0 Å². The van der Waals surface area contributed by atoms with Gasteiger partial charge in [-0.1, -0.05) is 44.2 Å². The molecule has 1 aromatic heterocycles. The first kappa shape index (κ1) is 25.2. The van der Waals surface area contributed by atoms with E-state index in [1.807, 2.05) is 0 Å². The first-order chi connectivity index (χ1) is 15.4. The summed E-state index contributed by atoms with van der Waals surface area (Å²) in [5, 5.41) is 3.40. The van der Waals surface area contributed by atoms with E-state index in [-0.39, 0.29) is 12.5 Å². The first-order valence-electron chi connectivity index (χ1n) is 11.2. The van der Waals surface area contributed by atoms with Gasteiger partial charge in [-0.2, -0.15) is 4.31 Å². The largest absolute Gasteiger partial charge is 0.347 e. The van der Waals surface area contributed by atoms with Gasteiger partial charge in [0, 0.05) is 41.6 Å². The van der Waals surface area contributed by atoms with Crippen LogP contribution in [0.1, 0.15) is 54.3 Å². The van der Waals surface area contributed by atoms with Crippen molar-refractivity contribution in [3.63, 3.8) is 0 Å². The highest BCUT2D eigenvalue weighted by atomic mass is 35.5. The highest BCUT2D eigenvalue weighted by Gasteiger charge is 2.29. The zero-order valence-electron chi connectivity index (χ0n) is 18.6. The molecule has 1 fully saturated rings. The summed E-state index contributed by atoms with van der Waals surface area (Å²) in [4.78, 5) is 15.4. The van der Waals surface area contributed by atoms with Crippen molar-refractivity contribution in [2.24, 2.45) is 0 Å². The summed E-state index contributed by atoms with van der Waals surface area (Å²) in [5.41, 5.74) is 0.516. The van der Waals surface area contributed by atoms with Crippen LogP contribution in [0.3, 0.4) is 0 Å². The third-order valence-corrected chi connectivity index (χ3v) is 9.37. The summed E-state index contributed by atoms with van der Waals surface area (Å²) in [5.74, 6) is -0.217. The number of carbonyl (C=O) groups excluding carboxylic acids is 1. The number of thiophene rings is 1. The van der Waals surface area contributed by atoms with E-state index in [1.54, 1.807) is 40.7 Å². The molecule has 1 aliphatic rings. The van der Waals surface area contributed by atoms with Gasteiger partial charge in [-0.3, -0.25) is 4.79 Å². The van der Waals surface area contributed by atoms with Crippen molar-refractivity contribution in [2.75, 3.05) is 32.7 Å². The molecule has 1 saturated heterocycles. The van der Waals surface area contributed by atoms with Crippen molar-refractivity contribution in [3.05, 3.63) is 51.9 Å². The number of unbranched alkanes of at least 4 members (excludes halogenated alkanes) is 4. The second-order valence-electron chi connectivity index (χ2n) is 8.07. The fourth-order valence-electron chi connectivity index (χ4n) is 3.72. The minimum absolute atomic E-state index is 0.217. The number of piperazine rings is 1. The van der Waals surface area contributed by atoms with Gasteiger partial charge in [-0.15, -0.1) is 11.3 Å². The smallest absolute Gasteiger partial charge is 0.252 e. The molecule has 0 bridgehead atoms. The van der Waals surface area contributed by atoms with Gasteiger partial charge >= 0.3 is 0 Å². The van der Waals surface area contributed by atoms with Crippen LogP contribution in [0, 0.1) is 0 Å². The van der Waals surface area contributed by atoms with Crippen LogP contribution < -0.4 is 5.32 Å². The maximum Gasteiger partial charge on any atom is 0.252 e. The minimum Gasteiger partial charge on any atom is -0.347 e. The van der Waals surface area contributed by atoms with Crippen molar-refractivity contribution in [2.45, 2.75) is 49.8 Å². The van der Waals surface area contributed by atoms with Gasteiger partial charge in [-0.25, -0.2) is 8.42 Å². The number of rotatable bonds is 11. The third-order valence-electron chi connectivity index (χ3n) is 5.67. The lowest BCUT2D eigenvalue weighted by atomic mass is 10.1. The van der Waals surface area contributed by atoms with Crippen LogP contribution in [0.5, 0.6) is 0 Å². The Hall–Kier alpha value is -1.45. The molecule has 2 heterocycles. The molecule has 1 amide bonds. The fourth-order valence-corrected chi connectivity index (χ4v) is 6.72. The molecule has 2 aromatic rings. The summed E-state index contributed by atoms with van der Waals surface area (Å²) in [7, 11) is -3.49. The molecular formula is C23H32ClN3O3S2. The Morgan fingerprint density at radius 3 is 2.38 bits per heavy atom. The van der Waals surface area contributed by atoms with E-state index in [0.29, 0.717) is 27.9 Å². The van der Waals surface area contributed by atoms with Crippen LogP contribution in [0.15, 0.2) is 40.6 Å². The van der Waals surface area contributed by atoms with Crippen LogP contribution in [-0.4, -0.2) is 56.3 Å². The molecule has 0 atom stereocenters.